The van der Waals surface area contributed by atoms with E-state index in [1.807, 2.05) is 76.4 Å². The molecular weight excluding hydrogens is 488 g/mol. The summed E-state index contributed by atoms with van der Waals surface area (Å²) in [6, 6.07) is 19.6. The first-order valence-corrected chi connectivity index (χ1v) is 13.2. The molecule has 6 rings (SSSR count). The minimum Gasteiger partial charge on any atom is -0.381 e. The van der Waals surface area contributed by atoms with Crippen LogP contribution in [0.5, 0.6) is 0 Å². The van der Waals surface area contributed by atoms with Gasteiger partial charge in [0.2, 0.25) is 5.91 Å². The molecule has 2 saturated heterocycles. The molecule has 0 aliphatic carbocycles. The van der Waals surface area contributed by atoms with Gasteiger partial charge < -0.3 is 14.5 Å². The van der Waals surface area contributed by atoms with E-state index in [9.17, 15) is 4.79 Å². The summed E-state index contributed by atoms with van der Waals surface area (Å²) in [6.07, 6.45) is 3.67. The van der Waals surface area contributed by atoms with E-state index in [0.29, 0.717) is 26.2 Å². The van der Waals surface area contributed by atoms with Crippen LogP contribution < -0.4 is 4.90 Å². The largest absolute Gasteiger partial charge is 0.381 e. The Kier molecular flexibility index (Phi) is 6.76. The number of fused-ring (bicyclic) bond motifs is 1. The highest BCUT2D eigenvalue weighted by molar-refractivity contribution is 6.30. The van der Waals surface area contributed by atoms with Gasteiger partial charge in [-0.15, -0.1) is 11.6 Å². The maximum atomic E-state index is 13.1. The molecule has 2 aliphatic heterocycles. The Morgan fingerprint density at radius 3 is 2.30 bits per heavy atom. The second kappa shape index (κ2) is 10.5. The molecule has 37 heavy (non-hydrogen) atoms. The van der Waals surface area contributed by atoms with Crippen LogP contribution in [0.1, 0.15) is 35.5 Å². The summed E-state index contributed by atoms with van der Waals surface area (Å²) in [4.78, 5) is 27.3. The van der Waals surface area contributed by atoms with Gasteiger partial charge >= 0.3 is 0 Å². The van der Waals surface area contributed by atoms with E-state index in [1.54, 1.807) is 0 Å². The molecule has 4 aromatic rings. The third-order valence-electron chi connectivity index (χ3n) is 7.21. The van der Waals surface area contributed by atoms with Gasteiger partial charge in [-0.25, -0.2) is 14.6 Å². The van der Waals surface area contributed by atoms with Crippen molar-refractivity contribution in [1.29, 1.82) is 0 Å². The van der Waals surface area contributed by atoms with Crippen LogP contribution in [0.15, 0.2) is 66.9 Å². The number of piperazine rings is 1. The number of carbonyl (C=O) groups excluding carboxylic acids is 1. The normalized spacial score (nSPS) is 17.8. The Labute approximate surface area is 220 Å². The minimum absolute atomic E-state index is 0.0554. The van der Waals surface area contributed by atoms with Gasteiger partial charge in [0, 0.05) is 45.3 Å². The second-order valence-electron chi connectivity index (χ2n) is 9.51. The molecule has 0 N–H and O–H groups in total. The summed E-state index contributed by atoms with van der Waals surface area (Å²) < 4.78 is 7.48. The van der Waals surface area contributed by atoms with E-state index in [2.05, 4.69) is 10.00 Å². The Morgan fingerprint density at radius 2 is 1.59 bits per heavy atom. The number of hydrogen-bond acceptors (Lipinski definition) is 6. The van der Waals surface area contributed by atoms with Gasteiger partial charge in [0.1, 0.15) is 17.0 Å². The van der Waals surface area contributed by atoms with Gasteiger partial charge in [-0.05, 0) is 30.5 Å². The monoisotopic (exact) mass is 516 g/mol. The number of halogens is 1. The molecule has 2 aromatic carbocycles. The zero-order valence-corrected chi connectivity index (χ0v) is 21.3. The molecule has 8 nitrogen and oxygen atoms in total. The fraction of sp³-hybridized carbons (Fsp3) is 0.357. The number of aromatic nitrogens is 4. The molecule has 2 fully saturated rings. The zero-order chi connectivity index (χ0) is 25.2. The van der Waals surface area contributed by atoms with E-state index in [0.717, 1.165) is 60.0 Å². The van der Waals surface area contributed by atoms with Crippen LogP contribution in [0, 0.1) is 0 Å². The number of para-hydroxylation sites is 1. The Bertz CT molecular complexity index is 1370. The summed E-state index contributed by atoms with van der Waals surface area (Å²) in [5.74, 6) is 1.92. The van der Waals surface area contributed by atoms with E-state index in [-0.39, 0.29) is 11.8 Å². The van der Waals surface area contributed by atoms with Crippen LogP contribution in [0.3, 0.4) is 0 Å². The average molecular weight is 517 g/mol. The van der Waals surface area contributed by atoms with Crippen molar-refractivity contribution in [3.8, 4) is 5.69 Å². The molecule has 0 unspecified atom stereocenters. The third-order valence-corrected chi connectivity index (χ3v) is 7.65. The van der Waals surface area contributed by atoms with Crippen LogP contribution in [0.2, 0.25) is 0 Å². The molecular formula is C28H29ClN6O2. The van der Waals surface area contributed by atoms with Crippen LogP contribution in [0.4, 0.5) is 5.82 Å². The van der Waals surface area contributed by atoms with Crippen molar-refractivity contribution in [3.63, 3.8) is 0 Å². The maximum Gasteiger partial charge on any atom is 0.245 e. The van der Waals surface area contributed by atoms with Crippen molar-refractivity contribution >= 4 is 34.4 Å². The lowest BCUT2D eigenvalue weighted by Gasteiger charge is -2.36. The fourth-order valence-electron chi connectivity index (χ4n) is 5.11. The fourth-order valence-corrected chi connectivity index (χ4v) is 5.39. The standard InChI is InChI=1S/C28H29ClN6O2/c29-24(20-7-3-1-4-8-20)28(36)34-15-13-33(14-16-34)26-23-19-30-35(22-9-5-2-6-10-22)27(23)32-25(31-26)21-11-17-37-18-12-21/h1-10,19,21,24H,11-18H2/t24-/m0/s1. The van der Waals surface area contributed by atoms with Crippen molar-refractivity contribution in [3.05, 3.63) is 78.2 Å². The topological polar surface area (TPSA) is 76.4 Å². The van der Waals surface area contributed by atoms with Crippen LogP contribution in [-0.2, 0) is 9.53 Å². The Balaban J connectivity index is 1.29. The Hall–Kier alpha value is -3.49. The number of anilines is 1. The van der Waals surface area contributed by atoms with Gasteiger partial charge in [0.05, 0.1) is 17.3 Å². The zero-order valence-electron chi connectivity index (χ0n) is 20.5. The first-order chi connectivity index (χ1) is 18.2. The minimum atomic E-state index is -0.678. The predicted molar refractivity (Wildman–Crippen MR) is 143 cm³/mol. The van der Waals surface area contributed by atoms with Crippen LogP contribution in [-0.4, -0.2) is 69.9 Å². The molecule has 1 amide bonds. The first-order valence-electron chi connectivity index (χ1n) is 12.8. The summed E-state index contributed by atoms with van der Waals surface area (Å²) in [7, 11) is 0. The Morgan fingerprint density at radius 1 is 0.919 bits per heavy atom. The summed E-state index contributed by atoms with van der Waals surface area (Å²) in [5, 5.41) is 4.93. The molecule has 2 aliphatic rings. The SMILES string of the molecule is O=C([C@@H](Cl)c1ccccc1)N1CCN(c2nc(C3CCOCC3)nc3c2cnn3-c2ccccc2)CC1. The summed E-state index contributed by atoms with van der Waals surface area (Å²) in [5.41, 5.74) is 2.59. The van der Waals surface area contributed by atoms with Gasteiger partial charge in [0.15, 0.2) is 5.65 Å². The number of benzene rings is 2. The third kappa shape index (κ3) is 4.79. The lowest BCUT2D eigenvalue weighted by molar-refractivity contribution is -0.131. The number of rotatable bonds is 5. The van der Waals surface area contributed by atoms with Crippen molar-refractivity contribution in [2.24, 2.45) is 0 Å². The van der Waals surface area contributed by atoms with Crippen LogP contribution >= 0.6 is 11.6 Å². The molecule has 2 aromatic heterocycles. The molecule has 4 heterocycles. The van der Waals surface area contributed by atoms with Gasteiger partial charge in [0.25, 0.3) is 0 Å². The van der Waals surface area contributed by atoms with E-state index in [1.165, 1.54) is 0 Å². The molecule has 0 saturated carbocycles. The highest BCUT2D eigenvalue weighted by atomic mass is 35.5. The quantitative estimate of drug-likeness (QED) is 0.367. The highest BCUT2D eigenvalue weighted by Gasteiger charge is 2.30. The number of ether oxygens (including phenoxy) is 1. The number of nitrogens with zero attached hydrogens (tertiary/aromatic N) is 6. The number of alkyl halides is 1. The summed E-state index contributed by atoms with van der Waals surface area (Å²) in [6.45, 7) is 3.95. The predicted octanol–water partition coefficient (Wildman–Crippen LogP) is 4.34. The van der Waals surface area contributed by atoms with Gasteiger partial charge in [-0.1, -0.05) is 48.5 Å². The molecule has 0 radical (unpaired) electrons. The van der Waals surface area contributed by atoms with Crippen molar-refractivity contribution < 1.29 is 9.53 Å². The molecule has 1 atom stereocenters. The average Bonchev–Trinajstić information content (AvgIpc) is 3.41. The van der Waals surface area contributed by atoms with Crippen molar-refractivity contribution in [2.45, 2.75) is 24.1 Å². The lowest BCUT2D eigenvalue weighted by atomic mass is 9.99. The van der Waals surface area contributed by atoms with Gasteiger partial charge in [-0.2, -0.15) is 5.10 Å². The molecule has 190 valence electrons. The molecule has 0 spiro atoms. The van der Waals surface area contributed by atoms with E-state index in [4.69, 9.17) is 26.3 Å². The van der Waals surface area contributed by atoms with Crippen LogP contribution in [0.25, 0.3) is 16.7 Å². The van der Waals surface area contributed by atoms with E-state index < -0.39 is 5.38 Å². The number of amides is 1. The number of carbonyl (C=O) groups is 1. The first kappa shape index (κ1) is 23.9. The lowest BCUT2D eigenvalue weighted by Crippen LogP contribution is -2.50. The molecule has 9 heteroatoms. The van der Waals surface area contributed by atoms with Crippen molar-refractivity contribution in [2.75, 3.05) is 44.3 Å². The van der Waals surface area contributed by atoms with E-state index >= 15 is 0 Å². The summed E-state index contributed by atoms with van der Waals surface area (Å²) >= 11 is 6.54. The maximum absolute atomic E-state index is 13.1. The van der Waals surface area contributed by atoms with Crippen molar-refractivity contribution in [1.82, 2.24) is 24.6 Å². The second-order valence-corrected chi connectivity index (χ2v) is 9.94. The van der Waals surface area contributed by atoms with Gasteiger partial charge in [-0.3, -0.25) is 4.79 Å². The highest BCUT2D eigenvalue weighted by Crippen LogP contribution is 2.32. The molecule has 0 bridgehead atoms. The number of hydrogen-bond donors (Lipinski definition) is 0. The smallest absolute Gasteiger partial charge is 0.245 e.